The summed E-state index contributed by atoms with van der Waals surface area (Å²) in [6.07, 6.45) is 2.49. The van der Waals surface area contributed by atoms with Gasteiger partial charge in [0.25, 0.3) is 0 Å². The molecular formula is C22H24ClN3O. The minimum atomic E-state index is -0.206. The highest BCUT2D eigenvalue weighted by Gasteiger charge is 2.23. The SMILES string of the molecule is CCCc1[nH]nc(-c2cccc(Cl)c2)c1NC(=O)C(CC)c1ccccc1. The normalized spacial score (nSPS) is 12.0. The van der Waals surface area contributed by atoms with Crippen LogP contribution in [0.1, 0.15) is 43.9 Å². The summed E-state index contributed by atoms with van der Waals surface area (Å²) < 4.78 is 0. The third-order valence-corrected chi connectivity index (χ3v) is 4.85. The van der Waals surface area contributed by atoms with Gasteiger partial charge in [0.05, 0.1) is 17.3 Å². The van der Waals surface area contributed by atoms with Gasteiger partial charge in [-0.3, -0.25) is 9.89 Å². The molecule has 1 heterocycles. The number of carbonyl (C=O) groups excluding carboxylic acids is 1. The Kier molecular flexibility index (Phi) is 6.30. The molecule has 4 nitrogen and oxygen atoms in total. The Hall–Kier alpha value is -2.59. The number of amides is 1. The Balaban J connectivity index is 1.95. The van der Waals surface area contributed by atoms with E-state index in [-0.39, 0.29) is 11.8 Å². The zero-order valence-electron chi connectivity index (χ0n) is 15.6. The van der Waals surface area contributed by atoms with Crippen LogP contribution in [-0.2, 0) is 11.2 Å². The van der Waals surface area contributed by atoms with Crippen molar-refractivity contribution in [2.75, 3.05) is 5.32 Å². The number of aromatic amines is 1. The van der Waals surface area contributed by atoms with Crippen LogP contribution in [0, 0.1) is 0 Å². The maximum Gasteiger partial charge on any atom is 0.232 e. The van der Waals surface area contributed by atoms with Gasteiger partial charge in [0, 0.05) is 10.6 Å². The molecule has 2 aromatic carbocycles. The van der Waals surface area contributed by atoms with Crippen LogP contribution in [0.15, 0.2) is 54.6 Å². The first-order chi connectivity index (χ1) is 13.1. The lowest BCUT2D eigenvalue weighted by Crippen LogP contribution is -2.21. The van der Waals surface area contributed by atoms with Gasteiger partial charge >= 0.3 is 0 Å². The number of rotatable bonds is 7. The Morgan fingerprint density at radius 1 is 1.15 bits per heavy atom. The van der Waals surface area contributed by atoms with Gasteiger partial charge in [0.2, 0.25) is 5.91 Å². The number of benzene rings is 2. The molecule has 0 saturated carbocycles. The van der Waals surface area contributed by atoms with Crippen LogP contribution in [-0.4, -0.2) is 16.1 Å². The molecule has 2 N–H and O–H groups in total. The lowest BCUT2D eigenvalue weighted by atomic mass is 9.95. The number of nitrogens with one attached hydrogen (secondary N) is 2. The molecule has 1 unspecified atom stereocenters. The van der Waals surface area contributed by atoms with Gasteiger partial charge < -0.3 is 5.32 Å². The van der Waals surface area contributed by atoms with Gasteiger partial charge in [0.15, 0.2) is 0 Å². The van der Waals surface area contributed by atoms with Gasteiger partial charge in [-0.15, -0.1) is 0 Å². The Morgan fingerprint density at radius 3 is 2.59 bits per heavy atom. The first kappa shape index (κ1) is 19.2. The quantitative estimate of drug-likeness (QED) is 0.542. The zero-order chi connectivity index (χ0) is 19.2. The topological polar surface area (TPSA) is 57.8 Å². The third kappa shape index (κ3) is 4.40. The van der Waals surface area contributed by atoms with Crippen LogP contribution in [0.3, 0.4) is 0 Å². The molecule has 0 saturated heterocycles. The molecule has 1 aromatic heterocycles. The van der Waals surface area contributed by atoms with Crippen molar-refractivity contribution in [3.63, 3.8) is 0 Å². The van der Waals surface area contributed by atoms with Gasteiger partial charge in [-0.1, -0.05) is 74.3 Å². The Morgan fingerprint density at radius 2 is 1.93 bits per heavy atom. The second kappa shape index (κ2) is 8.87. The van der Waals surface area contributed by atoms with Crippen molar-refractivity contribution in [2.45, 2.75) is 39.0 Å². The molecule has 0 aliphatic rings. The number of aromatic nitrogens is 2. The average Bonchev–Trinajstić information content (AvgIpc) is 3.06. The fourth-order valence-corrected chi connectivity index (χ4v) is 3.45. The van der Waals surface area contributed by atoms with Crippen molar-refractivity contribution in [1.29, 1.82) is 0 Å². The largest absolute Gasteiger partial charge is 0.322 e. The van der Waals surface area contributed by atoms with Crippen molar-refractivity contribution < 1.29 is 4.79 Å². The summed E-state index contributed by atoms with van der Waals surface area (Å²) in [6, 6.07) is 17.4. The van der Waals surface area contributed by atoms with Gasteiger partial charge in [-0.2, -0.15) is 5.10 Å². The van der Waals surface area contributed by atoms with Gasteiger partial charge in [-0.05, 0) is 30.5 Å². The van der Waals surface area contributed by atoms with Crippen LogP contribution >= 0.6 is 11.6 Å². The van der Waals surface area contributed by atoms with Gasteiger partial charge in [-0.25, -0.2) is 0 Å². The molecule has 3 rings (SSSR count). The molecule has 0 aliphatic heterocycles. The maximum absolute atomic E-state index is 13.1. The average molecular weight is 382 g/mol. The summed E-state index contributed by atoms with van der Waals surface area (Å²) >= 11 is 6.15. The van der Waals surface area contributed by atoms with Crippen LogP contribution < -0.4 is 5.32 Å². The fourth-order valence-electron chi connectivity index (χ4n) is 3.26. The van der Waals surface area contributed by atoms with Crippen molar-refractivity contribution in [3.8, 4) is 11.3 Å². The fraction of sp³-hybridized carbons (Fsp3) is 0.273. The molecular weight excluding hydrogens is 358 g/mol. The highest BCUT2D eigenvalue weighted by Crippen LogP contribution is 2.32. The molecule has 1 amide bonds. The number of halogens is 1. The van der Waals surface area contributed by atoms with Crippen molar-refractivity contribution in [2.24, 2.45) is 0 Å². The number of H-pyrrole nitrogens is 1. The highest BCUT2D eigenvalue weighted by atomic mass is 35.5. The van der Waals surface area contributed by atoms with Crippen LogP contribution in [0.5, 0.6) is 0 Å². The molecule has 0 spiro atoms. The number of nitrogens with zero attached hydrogens (tertiary/aromatic N) is 1. The summed E-state index contributed by atoms with van der Waals surface area (Å²) in [5, 5.41) is 11.3. The van der Waals surface area contributed by atoms with E-state index in [0.717, 1.165) is 47.5 Å². The Labute approximate surface area is 165 Å². The summed E-state index contributed by atoms with van der Waals surface area (Å²) in [5.74, 6) is -0.228. The molecule has 27 heavy (non-hydrogen) atoms. The zero-order valence-corrected chi connectivity index (χ0v) is 16.4. The van der Waals surface area contributed by atoms with Crippen LogP contribution in [0.4, 0.5) is 5.69 Å². The van der Waals surface area contributed by atoms with Crippen molar-refractivity contribution in [3.05, 3.63) is 70.9 Å². The van der Waals surface area contributed by atoms with Gasteiger partial charge in [0.1, 0.15) is 5.69 Å². The summed E-state index contributed by atoms with van der Waals surface area (Å²) in [5.41, 5.74) is 4.30. The summed E-state index contributed by atoms with van der Waals surface area (Å²) in [6.45, 7) is 4.13. The lowest BCUT2D eigenvalue weighted by Gasteiger charge is -2.16. The van der Waals surface area contributed by atoms with E-state index in [1.807, 2.05) is 61.5 Å². The Bertz CT molecular complexity index is 905. The van der Waals surface area contributed by atoms with Crippen LogP contribution in [0.2, 0.25) is 5.02 Å². The summed E-state index contributed by atoms with van der Waals surface area (Å²) in [7, 11) is 0. The third-order valence-electron chi connectivity index (χ3n) is 4.61. The molecule has 0 bridgehead atoms. The second-order valence-corrected chi connectivity index (χ2v) is 6.98. The molecule has 5 heteroatoms. The standard InChI is InChI=1S/C22H24ClN3O/c1-3-9-19-21(20(26-25-19)16-12-8-13-17(23)14-16)24-22(27)18(4-2)15-10-6-5-7-11-15/h5-8,10-14,18H,3-4,9H2,1-2H3,(H,24,27)(H,25,26). The minimum Gasteiger partial charge on any atom is -0.322 e. The van der Waals surface area contributed by atoms with Crippen molar-refractivity contribution >= 4 is 23.2 Å². The van der Waals surface area contributed by atoms with E-state index < -0.39 is 0 Å². The minimum absolute atomic E-state index is 0.0225. The first-order valence-corrected chi connectivity index (χ1v) is 9.70. The van der Waals surface area contributed by atoms with E-state index in [1.165, 1.54) is 0 Å². The predicted octanol–water partition coefficient (Wildman–Crippen LogP) is 5.81. The number of carbonyl (C=O) groups is 1. The van der Waals surface area contributed by atoms with E-state index in [9.17, 15) is 4.79 Å². The number of anilines is 1. The number of hydrogen-bond acceptors (Lipinski definition) is 2. The molecule has 0 radical (unpaired) electrons. The van der Waals surface area contributed by atoms with E-state index in [2.05, 4.69) is 22.4 Å². The molecule has 140 valence electrons. The number of aryl methyl sites for hydroxylation is 1. The second-order valence-electron chi connectivity index (χ2n) is 6.55. The molecule has 3 aromatic rings. The van der Waals surface area contributed by atoms with E-state index in [1.54, 1.807) is 0 Å². The lowest BCUT2D eigenvalue weighted by molar-refractivity contribution is -0.117. The van der Waals surface area contributed by atoms with Crippen molar-refractivity contribution in [1.82, 2.24) is 10.2 Å². The predicted molar refractivity (Wildman–Crippen MR) is 111 cm³/mol. The maximum atomic E-state index is 13.1. The molecule has 0 aliphatic carbocycles. The molecule has 0 fully saturated rings. The molecule has 1 atom stereocenters. The first-order valence-electron chi connectivity index (χ1n) is 9.33. The summed E-state index contributed by atoms with van der Waals surface area (Å²) in [4.78, 5) is 13.1. The smallest absolute Gasteiger partial charge is 0.232 e. The highest BCUT2D eigenvalue weighted by molar-refractivity contribution is 6.30. The monoisotopic (exact) mass is 381 g/mol. The number of hydrogen-bond donors (Lipinski definition) is 2. The van der Waals surface area contributed by atoms with E-state index in [4.69, 9.17) is 11.6 Å². The van der Waals surface area contributed by atoms with E-state index in [0.29, 0.717) is 5.02 Å². The van der Waals surface area contributed by atoms with Crippen LogP contribution in [0.25, 0.3) is 11.3 Å². The van der Waals surface area contributed by atoms with E-state index >= 15 is 0 Å².